The van der Waals surface area contributed by atoms with E-state index in [-0.39, 0.29) is 50.6 Å². The molecule has 2 heterocycles. The van der Waals surface area contributed by atoms with Crippen LogP contribution in [0.4, 0.5) is 0 Å². The fraction of sp³-hybridized carbons (Fsp3) is 0.477. The first-order chi connectivity index (χ1) is 29.0. The summed E-state index contributed by atoms with van der Waals surface area (Å²) in [5.74, 6) is 0.505. The lowest BCUT2D eigenvalue weighted by Crippen LogP contribution is -2.17. The molecular formula is C44H56O10S6. The molecule has 0 spiro atoms. The van der Waals surface area contributed by atoms with E-state index in [4.69, 9.17) is 24.0 Å². The highest BCUT2D eigenvalue weighted by atomic mass is 32.2. The molecule has 3 aromatic carbocycles. The molecule has 0 saturated carbocycles. The maximum atomic E-state index is 14.4. The average molecular weight is 937 g/mol. The number of thioether (sulfide) groups is 4. The zero-order valence-electron chi connectivity index (χ0n) is 35.2. The number of ether oxygens (including phenoxy) is 3. The van der Waals surface area contributed by atoms with Gasteiger partial charge in [-0.05, 0) is 62.8 Å². The maximum absolute atomic E-state index is 14.4. The Morgan fingerprint density at radius 1 is 0.583 bits per heavy atom. The Bertz CT molecular complexity index is 2140. The molecule has 60 heavy (non-hydrogen) atoms. The zero-order chi connectivity index (χ0) is 43.3. The van der Waals surface area contributed by atoms with E-state index in [1.807, 2.05) is 0 Å². The lowest BCUT2D eigenvalue weighted by Gasteiger charge is -2.22. The van der Waals surface area contributed by atoms with E-state index in [0.717, 1.165) is 74.9 Å². The van der Waals surface area contributed by atoms with E-state index in [0.29, 0.717) is 48.5 Å². The van der Waals surface area contributed by atoms with Gasteiger partial charge in [-0.25, -0.2) is 31.4 Å². The summed E-state index contributed by atoms with van der Waals surface area (Å²) in [4.78, 5) is 26.7. The number of unbranched alkanes of at least 4 members (excludes halogenated alkanes) is 2. The monoisotopic (exact) mass is 936 g/mol. The van der Waals surface area contributed by atoms with Crippen molar-refractivity contribution in [2.24, 2.45) is 11.8 Å². The molecule has 0 radical (unpaired) electrons. The highest BCUT2D eigenvalue weighted by Gasteiger charge is 2.43. The molecule has 0 fully saturated rings. The first-order valence-electron chi connectivity index (χ1n) is 20.7. The van der Waals surface area contributed by atoms with Gasteiger partial charge in [-0.2, -0.15) is 0 Å². The SMILES string of the molecule is CCCCC(CC)COc1c2c(c(OCC(CC)CCCC)c3c1SC(=C(C(=O)OCC)S(=O)(=O)c1ccccc1)S3)SC(=C(COOCC)S(=O)(=O)c1ccccc1)S2. The van der Waals surface area contributed by atoms with Crippen LogP contribution in [0, 0.1) is 11.8 Å². The number of hydrogen-bond acceptors (Lipinski definition) is 14. The Morgan fingerprint density at radius 2 is 1.03 bits per heavy atom. The number of esters is 1. The van der Waals surface area contributed by atoms with Gasteiger partial charge in [-0.3, -0.25) is 0 Å². The minimum absolute atomic E-state index is 0.0187. The topological polar surface area (TPSA) is 132 Å². The van der Waals surface area contributed by atoms with Gasteiger partial charge in [0, 0.05) is 0 Å². The van der Waals surface area contributed by atoms with Gasteiger partial charge in [0.05, 0.1) is 69.2 Å². The van der Waals surface area contributed by atoms with Crippen molar-refractivity contribution >= 4 is 72.7 Å². The normalized spacial score (nSPS) is 14.7. The maximum Gasteiger partial charge on any atom is 0.351 e. The second-order valence-corrected chi connectivity index (χ2v) is 22.6. The molecule has 2 aliphatic rings. The van der Waals surface area contributed by atoms with E-state index in [2.05, 4.69) is 27.7 Å². The zero-order valence-corrected chi connectivity index (χ0v) is 40.1. The summed E-state index contributed by atoms with van der Waals surface area (Å²) in [5.41, 5.74) is 0. The molecule has 3 aromatic rings. The van der Waals surface area contributed by atoms with Crippen molar-refractivity contribution in [1.29, 1.82) is 0 Å². The predicted molar refractivity (Wildman–Crippen MR) is 243 cm³/mol. The molecule has 0 aliphatic carbocycles. The van der Waals surface area contributed by atoms with Gasteiger partial charge in [-0.1, -0.05) is 150 Å². The van der Waals surface area contributed by atoms with Crippen LogP contribution in [0.25, 0.3) is 0 Å². The molecule has 16 heteroatoms. The van der Waals surface area contributed by atoms with Crippen LogP contribution in [0.1, 0.15) is 92.9 Å². The van der Waals surface area contributed by atoms with Crippen LogP contribution >= 0.6 is 47.0 Å². The van der Waals surface area contributed by atoms with E-state index in [1.54, 1.807) is 62.4 Å². The molecule has 2 atom stereocenters. The van der Waals surface area contributed by atoms with Crippen molar-refractivity contribution < 1.29 is 45.6 Å². The molecule has 5 rings (SSSR count). The minimum Gasteiger partial charge on any atom is -0.491 e. The Labute approximate surface area is 373 Å². The van der Waals surface area contributed by atoms with Crippen LogP contribution in [-0.4, -0.2) is 55.8 Å². The Hall–Kier alpha value is -2.57. The Balaban J connectivity index is 1.77. The number of hydrogen-bond donors (Lipinski definition) is 0. The highest BCUT2D eigenvalue weighted by molar-refractivity contribution is 8.26. The lowest BCUT2D eigenvalue weighted by molar-refractivity contribution is -0.283. The third kappa shape index (κ3) is 11.5. The van der Waals surface area contributed by atoms with Crippen LogP contribution in [0.15, 0.2) is 108 Å². The van der Waals surface area contributed by atoms with Crippen molar-refractivity contribution in [3.05, 3.63) is 78.9 Å². The van der Waals surface area contributed by atoms with Gasteiger partial charge in [0.15, 0.2) is 4.91 Å². The highest BCUT2D eigenvalue weighted by Crippen LogP contribution is 2.69. The number of carbonyl (C=O) groups is 1. The molecule has 2 unspecified atom stereocenters. The van der Waals surface area contributed by atoms with E-state index >= 15 is 0 Å². The summed E-state index contributed by atoms with van der Waals surface area (Å²) in [6, 6.07) is 16.1. The summed E-state index contributed by atoms with van der Waals surface area (Å²) < 4.78 is 77.3. The molecule has 0 aromatic heterocycles. The van der Waals surface area contributed by atoms with Crippen LogP contribution in [0.2, 0.25) is 0 Å². The van der Waals surface area contributed by atoms with Gasteiger partial charge >= 0.3 is 5.97 Å². The summed E-state index contributed by atoms with van der Waals surface area (Å²) >= 11 is 4.81. The molecule has 2 aliphatic heterocycles. The summed E-state index contributed by atoms with van der Waals surface area (Å²) in [7, 11) is -8.41. The largest absolute Gasteiger partial charge is 0.491 e. The van der Waals surface area contributed by atoms with Gasteiger partial charge in [0.25, 0.3) is 0 Å². The second-order valence-electron chi connectivity index (χ2n) is 14.2. The number of benzene rings is 3. The first-order valence-corrected chi connectivity index (χ1v) is 26.9. The summed E-state index contributed by atoms with van der Waals surface area (Å²) in [5, 5.41) is 0. The van der Waals surface area contributed by atoms with E-state index in [1.165, 1.54) is 35.7 Å². The smallest absolute Gasteiger partial charge is 0.351 e. The molecule has 0 bridgehead atoms. The number of fused-ring (bicyclic) bond motifs is 2. The van der Waals surface area contributed by atoms with Gasteiger partial charge in [0.2, 0.25) is 19.7 Å². The Kier molecular flexibility index (Phi) is 18.7. The van der Waals surface area contributed by atoms with Gasteiger partial charge in [-0.15, -0.1) is 0 Å². The van der Waals surface area contributed by atoms with Crippen molar-refractivity contribution in [1.82, 2.24) is 0 Å². The van der Waals surface area contributed by atoms with Gasteiger partial charge in [0.1, 0.15) is 18.1 Å². The van der Waals surface area contributed by atoms with Crippen molar-refractivity contribution in [3.8, 4) is 11.5 Å². The molecular weight excluding hydrogens is 881 g/mol. The molecule has 0 saturated heterocycles. The van der Waals surface area contributed by atoms with Crippen LogP contribution < -0.4 is 9.47 Å². The second kappa shape index (κ2) is 23.2. The van der Waals surface area contributed by atoms with Crippen LogP contribution in [0.5, 0.6) is 11.5 Å². The number of carbonyl (C=O) groups excluding carboxylic acids is 1. The first kappa shape index (κ1) is 48.5. The standard InChI is InChI=1S/C44H56O10S6/c1-7-13-21-30(9-3)27-51-35-37-38(56-43(55-37)34(29-54-53-12-6)59(46,47)32-23-17-15-18-24-32)36(52-28-31(10-4)22-14-8-2)40-39(35)57-44(58-40)41(42(45)50-11-5)60(48,49)33-25-19-16-20-26-33/h15-20,23-26,30-31H,7-14,21-22,27-29H2,1-6H3. The van der Waals surface area contributed by atoms with E-state index < -0.39 is 30.5 Å². The fourth-order valence-corrected chi connectivity index (χ4v) is 15.9. The van der Waals surface area contributed by atoms with E-state index in [9.17, 15) is 21.6 Å². The van der Waals surface area contributed by atoms with Crippen molar-refractivity contribution in [2.45, 2.75) is 122 Å². The van der Waals surface area contributed by atoms with Crippen LogP contribution in [-0.2, 0) is 39.0 Å². The fourth-order valence-electron chi connectivity index (χ4n) is 6.45. The lowest BCUT2D eigenvalue weighted by atomic mass is 10.0. The summed E-state index contributed by atoms with van der Waals surface area (Å²) in [6.07, 6.45) is 7.86. The third-order valence-corrected chi connectivity index (χ3v) is 19.5. The van der Waals surface area contributed by atoms with Crippen LogP contribution in [0.3, 0.4) is 0 Å². The van der Waals surface area contributed by atoms with Crippen molar-refractivity contribution in [3.63, 3.8) is 0 Å². The molecule has 328 valence electrons. The number of rotatable bonds is 24. The summed E-state index contributed by atoms with van der Waals surface area (Å²) in [6.45, 7) is 12.6. The molecule has 0 N–H and O–H groups in total. The number of sulfone groups is 2. The predicted octanol–water partition coefficient (Wildman–Crippen LogP) is 12.1. The molecule has 0 amide bonds. The third-order valence-electron chi connectivity index (χ3n) is 9.99. The minimum atomic E-state index is -4.34. The average Bonchev–Trinajstić information content (AvgIpc) is 3.88. The molecule has 10 nitrogen and oxygen atoms in total. The van der Waals surface area contributed by atoms with Gasteiger partial charge < -0.3 is 14.2 Å². The van der Waals surface area contributed by atoms with Crippen molar-refractivity contribution in [2.75, 3.05) is 33.0 Å². The Morgan fingerprint density at radius 3 is 1.45 bits per heavy atom. The quantitative estimate of drug-likeness (QED) is 0.0277.